The first-order valence-electron chi connectivity index (χ1n) is 4.17. The van der Waals surface area contributed by atoms with Crippen molar-refractivity contribution in [3.05, 3.63) is 0 Å². The van der Waals surface area contributed by atoms with Crippen molar-refractivity contribution in [2.24, 2.45) is 5.92 Å². The maximum absolute atomic E-state index is 6.16. The van der Waals surface area contributed by atoms with Crippen molar-refractivity contribution in [2.75, 3.05) is 26.3 Å². The molecule has 1 saturated heterocycles. The highest BCUT2D eigenvalue weighted by Crippen LogP contribution is 2.15. The molecular formula is C8H16ClNO. The Morgan fingerprint density at radius 2 is 1.82 bits per heavy atom. The topological polar surface area (TPSA) is 12.5 Å². The third kappa shape index (κ3) is 2.62. The average Bonchev–Trinajstić information content (AvgIpc) is 2.05. The first kappa shape index (κ1) is 9.30. The number of hydrogen-bond acceptors (Lipinski definition) is 2. The molecule has 0 aromatic heterocycles. The largest absolute Gasteiger partial charge is 0.379 e. The summed E-state index contributed by atoms with van der Waals surface area (Å²) in [6, 6.07) is 0. The molecule has 0 aliphatic carbocycles. The summed E-state index contributed by atoms with van der Waals surface area (Å²) >= 11 is 6.16. The van der Waals surface area contributed by atoms with Gasteiger partial charge < -0.3 is 4.74 Å². The molecule has 1 aliphatic rings. The van der Waals surface area contributed by atoms with E-state index in [4.69, 9.17) is 16.3 Å². The zero-order valence-corrected chi connectivity index (χ0v) is 7.97. The fourth-order valence-corrected chi connectivity index (χ4v) is 1.44. The SMILES string of the molecule is CC(C)C(Cl)N1CCOCC1. The van der Waals surface area contributed by atoms with Gasteiger partial charge in [-0.1, -0.05) is 13.8 Å². The summed E-state index contributed by atoms with van der Waals surface area (Å²) in [6.45, 7) is 7.91. The maximum atomic E-state index is 6.16. The second-order valence-corrected chi connectivity index (χ2v) is 3.71. The zero-order chi connectivity index (χ0) is 8.27. The molecule has 1 heterocycles. The number of nitrogens with zero attached hydrogens (tertiary/aromatic N) is 1. The van der Waals surface area contributed by atoms with E-state index in [-0.39, 0.29) is 5.50 Å². The molecule has 1 fully saturated rings. The normalized spacial score (nSPS) is 24.0. The Kier molecular flexibility index (Phi) is 3.63. The Bertz CT molecular complexity index is 113. The molecule has 0 amide bonds. The first-order chi connectivity index (χ1) is 5.22. The predicted octanol–water partition coefficient (Wildman–Crippen LogP) is 1.54. The van der Waals surface area contributed by atoms with Gasteiger partial charge >= 0.3 is 0 Å². The predicted molar refractivity (Wildman–Crippen MR) is 46.9 cm³/mol. The summed E-state index contributed by atoms with van der Waals surface area (Å²) in [5.41, 5.74) is 0.180. The lowest BCUT2D eigenvalue weighted by atomic mass is 10.2. The second-order valence-electron chi connectivity index (χ2n) is 3.27. The van der Waals surface area contributed by atoms with Crippen LogP contribution in [0.25, 0.3) is 0 Å². The van der Waals surface area contributed by atoms with Crippen LogP contribution in [0.2, 0.25) is 0 Å². The lowest BCUT2D eigenvalue weighted by Crippen LogP contribution is -2.43. The van der Waals surface area contributed by atoms with Crippen molar-refractivity contribution in [3.63, 3.8) is 0 Å². The van der Waals surface area contributed by atoms with Gasteiger partial charge in [0.15, 0.2) is 0 Å². The minimum absolute atomic E-state index is 0.180. The molecule has 0 N–H and O–H groups in total. The molecule has 1 aliphatic heterocycles. The Hall–Kier alpha value is 0.210. The van der Waals surface area contributed by atoms with E-state index >= 15 is 0 Å². The lowest BCUT2D eigenvalue weighted by molar-refractivity contribution is 0.0244. The van der Waals surface area contributed by atoms with Crippen LogP contribution in [0, 0.1) is 5.92 Å². The van der Waals surface area contributed by atoms with Crippen molar-refractivity contribution >= 4 is 11.6 Å². The molecule has 0 aromatic carbocycles. The van der Waals surface area contributed by atoms with Gasteiger partial charge in [0, 0.05) is 13.1 Å². The van der Waals surface area contributed by atoms with E-state index in [0.29, 0.717) is 5.92 Å². The van der Waals surface area contributed by atoms with Gasteiger partial charge in [0.25, 0.3) is 0 Å². The highest BCUT2D eigenvalue weighted by Gasteiger charge is 2.20. The van der Waals surface area contributed by atoms with Gasteiger partial charge in [0.2, 0.25) is 0 Å². The van der Waals surface area contributed by atoms with Crippen LogP contribution in [0.15, 0.2) is 0 Å². The number of morpholine rings is 1. The van der Waals surface area contributed by atoms with Gasteiger partial charge in [-0.2, -0.15) is 0 Å². The van der Waals surface area contributed by atoms with Gasteiger partial charge in [-0.15, -0.1) is 11.6 Å². The van der Waals surface area contributed by atoms with E-state index < -0.39 is 0 Å². The van der Waals surface area contributed by atoms with Crippen LogP contribution in [0.1, 0.15) is 13.8 Å². The summed E-state index contributed by atoms with van der Waals surface area (Å²) in [7, 11) is 0. The summed E-state index contributed by atoms with van der Waals surface area (Å²) < 4.78 is 5.23. The number of rotatable bonds is 2. The molecule has 1 unspecified atom stereocenters. The smallest absolute Gasteiger partial charge is 0.0875 e. The molecule has 0 spiro atoms. The van der Waals surface area contributed by atoms with Crippen molar-refractivity contribution in [3.8, 4) is 0 Å². The van der Waals surface area contributed by atoms with Crippen LogP contribution in [-0.2, 0) is 4.74 Å². The fraction of sp³-hybridized carbons (Fsp3) is 1.00. The Morgan fingerprint density at radius 1 is 1.27 bits per heavy atom. The summed E-state index contributed by atoms with van der Waals surface area (Å²) in [5, 5.41) is 0. The molecular weight excluding hydrogens is 162 g/mol. The second kappa shape index (κ2) is 4.29. The molecule has 0 radical (unpaired) electrons. The van der Waals surface area contributed by atoms with Crippen LogP contribution < -0.4 is 0 Å². The number of alkyl halides is 1. The maximum Gasteiger partial charge on any atom is 0.0875 e. The lowest BCUT2D eigenvalue weighted by Gasteiger charge is -2.32. The van der Waals surface area contributed by atoms with Crippen molar-refractivity contribution in [1.82, 2.24) is 4.90 Å². The van der Waals surface area contributed by atoms with Crippen molar-refractivity contribution < 1.29 is 4.74 Å². The molecule has 2 nitrogen and oxygen atoms in total. The van der Waals surface area contributed by atoms with Crippen LogP contribution in [0.4, 0.5) is 0 Å². The number of halogens is 1. The summed E-state index contributed by atoms with van der Waals surface area (Å²) in [4.78, 5) is 2.27. The van der Waals surface area contributed by atoms with E-state index in [1.165, 1.54) is 0 Å². The average molecular weight is 178 g/mol. The quantitative estimate of drug-likeness (QED) is 0.469. The van der Waals surface area contributed by atoms with E-state index in [9.17, 15) is 0 Å². The zero-order valence-electron chi connectivity index (χ0n) is 7.22. The van der Waals surface area contributed by atoms with Crippen LogP contribution in [0.3, 0.4) is 0 Å². The number of hydrogen-bond donors (Lipinski definition) is 0. The highest BCUT2D eigenvalue weighted by atomic mass is 35.5. The van der Waals surface area contributed by atoms with Gasteiger partial charge in [-0.05, 0) is 5.92 Å². The third-order valence-corrected chi connectivity index (χ3v) is 2.72. The van der Waals surface area contributed by atoms with Gasteiger partial charge in [-0.3, -0.25) is 4.90 Å². The minimum Gasteiger partial charge on any atom is -0.379 e. The minimum atomic E-state index is 0.180. The third-order valence-electron chi connectivity index (χ3n) is 1.94. The van der Waals surface area contributed by atoms with E-state index in [2.05, 4.69) is 18.7 Å². The molecule has 1 rings (SSSR count). The molecule has 66 valence electrons. The molecule has 3 heteroatoms. The Labute approximate surface area is 73.5 Å². The van der Waals surface area contributed by atoms with Gasteiger partial charge in [0.1, 0.15) is 0 Å². The van der Waals surface area contributed by atoms with Crippen molar-refractivity contribution in [1.29, 1.82) is 0 Å². The van der Waals surface area contributed by atoms with Crippen LogP contribution >= 0.6 is 11.6 Å². The standard InChI is InChI=1S/C8H16ClNO/c1-7(2)8(9)10-3-5-11-6-4-10/h7-8H,3-6H2,1-2H3. The summed E-state index contributed by atoms with van der Waals surface area (Å²) in [5.74, 6) is 0.523. The monoisotopic (exact) mass is 177 g/mol. The first-order valence-corrected chi connectivity index (χ1v) is 4.61. The van der Waals surface area contributed by atoms with E-state index in [1.54, 1.807) is 0 Å². The summed E-state index contributed by atoms with van der Waals surface area (Å²) in [6.07, 6.45) is 0. The molecule has 0 saturated carbocycles. The Balaban J connectivity index is 2.32. The molecule has 0 aromatic rings. The highest BCUT2D eigenvalue weighted by molar-refractivity contribution is 6.20. The van der Waals surface area contributed by atoms with Gasteiger partial charge in [0.05, 0.1) is 18.7 Å². The Morgan fingerprint density at radius 3 is 2.27 bits per heavy atom. The molecule has 0 bridgehead atoms. The van der Waals surface area contributed by atoms with Crippen molar-refractivity contribution in [2.45, 2.75) is 19.3 Å². The van der Waals surface area contributed by atoms with E-state index in [0.717, 1.165) is 26.3 Å². The van der Waals surface area contributed by atoms with Crippen LogP contribution in [0.5, 0.6) is 0 Å². The number of ether oxygens (including phenoxy) is 1. The molecule has 11 heavy (non-hydrogen) atoms. The van der Waals surface area contributed by atoms with E-state index in [1.807, 2.05) is 0 Å². The van der Waals surface area contributed by atoms with Gasteiger partial charge in [-0.25, -0.2) is 0 Å². The fourth-order valence-electron chi connectivity index (χ4n) is 1.25. The molecule has 1 atom stereocenters. The van der Waals surface area contributed by atoms with Crippen LogP contribution in [-0.4, -0.2) is 36.7 Å².